The molecule has 1 aromatic heterocycles. The van der Waals surface area contributed by atoms with E-state index in [9.17, 15) is 4.79 Å². The molecule has 3 nitrogen and oxygen atoms in total. The highest BCUT2D eigenvalue weighted by Gasteiger charge is 2.25. The van der Waals surface area contributed by atoms with Gasteiger partial charge < -0.3 is 5.73 Å². The molecule has 0 radical (unpaired) electrons. The molecule has 0 saturated heterocycles. The predicted molar refractivity (Wildman–Crippen MR) is 86.5 cm³/mol. The van der Waals surface area contributed by atoms with Gasteiger partial charge in [0.15, 0.2) is 10.9 Å². The monoisotopic (exact) mass is 292 g/mol. The van der Waals surface area contributed by atoms with Crippen LogP contribution in [0.4, 0.5) is 5.13 Å². The van der Waals surface area contributed by atoms with Crippen molar-refractivity contribution in [3.8, 4) is 0 Å². The number of anilines is 1. The van der Waals surface area contributed by atoms with E-state index in [1.807, 2.05) is 48.5 Å². The van der Waals surface area contributed by atoms with Crippen molar-refractivity contribution < 1.29 is 4.79 Å². The fourth-order valence-corrected chi connectivity index (χ4v) is 3.67. The van der Waals surface area contributed by atoms with Crippen LogP contribution in [0, 0.1) is 0 Å². The van der Waals surface area contributed by atoms with E-state index in [2.05, 4.69) is 4.98 Å². The van der Waals surface area contributed by atoms with Crippen LogP contribution in [-0.2, 0) is 6.42 Å². The molecule has 0 aliphatic heterocycles. The Kier molecular flexibility index (Phi) is 2.65. The number of nitrogens with zero attached hydrogens (tertiary/aromatic N) is 1. The van der Waals surface area contributed by atoms with Gasteiger partial charge in [0.05, 0.1) is 10.2 Å². The molecule has 0 atom stereocenters. The third kappa shape index (κ3) is 1.87. The second-order valence-corrected chi connectivity index (χ2v) is 6.05. The van der Waals surface area contributed by atoms with E-state index in [1.54, 1.807) is 0 Å². The SMILES string of the molecule is Nc1nc2ccc3c(c2s1)C(=O)C(c1ccccc1)=CC3. The van der Waals surface area contributed by atoms with E-state index in [0.717, 1.165) is 38.9 Å². The van der Waals surface area contributed by atoms with Crippen LogP contribution >= 0.6 is 11.3 Å². The van der Waals surface area contributed by atoms with Gasteiger partial charge in [-0.25, -0.2) is 4.98 Å². The molecule has 102 valence electrons. The maximum Gasteiger partial charge on any atom is 0.195 e. The topological polar surface area (TPSA) is 56.0 Å². The zero-order valence-corrected chi connectivity index (χ0v) is 12.0. The lowest BCUT2D eigenvalue weighted by Gasteiger charge is -2.16. The van der Waals surface area contributed by atoms with Crippen LogP contribution in [-0.4, -0.2) is 10.8 Å². The second-order valence-electron chi connectivity index (χ2n) is 5.02. The fraction of sp³-hybridized carbons (Fsp3) is 0.0588. The van der Waals surface area contributed by atoms with Gasteiger partial charge in [0.2, 0.25) is 0 Å². The van der Waals surface area contributed by atoms with Crippen molar-refractivity contribution in [2.75, 3.05) is 5.73 Å². The lowest BCUT2D eigenvalue weighted by Crippen LogP contribution is -2.11. The number of carbonyl (C=O) groups is 1. The number of nitrogens with two attached hydrogens (primary N) is 1. The van der Waals surface area contributed by atoms with Crippen LogP contribution in [0.25, 0.3) is 15.8 Å². The summed E-state index contributed by atoms with van der Waals surface area (Å²) in [5.41, 5.74) is 10.1. The van der Waals surface area contributed by atoms with Crippen molar-refractivity contribution in [1.29, 1.82) is 0 Å². The van der Waals surface area contributed by atoms with E-state index in [-0.39, 0.29) is 5.78 Å². The quantitative estimate of drug-likeness (QED) is 0.744. The zero-order valence-electron chi connectivity index (χ0n) is 11.2. The van der Waals surface area contributed by atoms with Crippen LogP contribution in [0.3, 0.4) is 0 Å². The van der Waals surface area contributed by atoms with Gasteiger partial charge in [-0.15, -0.1) is 0 Å². The van der Waals surface area contributed by atoms with Gasteiger partial charge in [-0.05, 0) is 23.6 Å². The predicted octanol–water partition coefficient (Wildman–Crippen LogP) is 3.70. The van der Waals surface area contributed by atoms with E-state index < -0.39 is 0 Å². The van der Waals surface area contributed by atoms with E-state index in [4.69, 9.17) is 5.73 Å². The fourth-order valence-electron chi connectivity index (χ4n) is 2.77. The number of aromatic nitrogens is 1. The summed E-state index contributed by atoms with van der Waals surface area (Å²) in [6.45, 7) is 0. The van der Waals surface area contributed by atoms with Crippen LogP contribution in [0.1, 0.15) is 21.5 Å². The Morgan fingerprint density at radius 2 is 1.90 bits per heavy atom. The van der Waals surface area contributed by atoms with Gasteiger partial charge in [0, 0.05) is 11.1 Å². The van der Waals surface area contributed by atoms with Gasteiger partial charge in [-0.1, -0.05) is 53.8 Å². The van der Waals surface area contributed by atoms with Crippen LogP contribution in [0.15, 0.2) is 48.5 Å². The van der Waals surface area contributed by atoms with Crippen molar-refractivity contribution in [1.82, 2.24) is 4.98 Å². The Labute approximate surface area is 125 Å². The normalized spacial score (nSPS) is 14.1. The average Bonchev–Trinajstić information content (AvgIpc) is 2.88. The van der Waals surface area contributed by atoms with Gasteiger partial charge >= 0.3 is 0 Å². The highest BCUT2D eigenvalue weighted by molar-refractivity contribution is 7.22. The van der Waals surface area contributed by atoms with Gasteiger partial charge in [-0.3, -0.25) is 4.79 Å². The smallest absolute Gasteiger partial charge is 0.195 e. The summed E-state index contributed by atoms with van der Waals surface area (Å²) >= 11 is 1.39. The van der Waals surface area contributed by atoms with Crippen LogP contribution < -0.4 is 5.73 Å². The molecule has 0 spiro atoms. The number of benzene rings is 2. The minimum atomic E-state index is 0.0664. The molecule has 4 heteroatoms. The maximum atomic E-state index is 12.9. The number of Topliss-reactive ketones (excluding diaryl/α,β-unsaturated/α-hetero) is 1. The van der Waals surface area contributed by atoms with E-state index in [1.165, 1.54) is 11.3 Å². The van der Waals surface area contributed by atoms with Crippen molar-refractivity contribution in [2.24, 2.45) is 0 Å². The number of thiazole rings is 1. The molecule has 1 aliphatic rings. The molecule has 1 aliphatic carbocycles. The number of fused-ring (bicyclic) bond motifs is 3. The van der Waals surface area contributed by atoms with Crippen molar-refractivity contribution in [2.45, 2.75) is 6.42 Å². The summed E-state index contributed by atoms with van der Waals surface area (Å²) in [5, 5.41) is 0.502. The Balaban J connectivity index is 1.92. The summed E-state index contributed by atoms with van der Waals surface area (Å²) in [6.07, 6.45) is 2.77. The summed E-state index contributed by atoms with van der Waals surface area (Å²) in [7, 11) is 0. The first-order chi connectivity index (χ1) is 10.2. The molecule has 3 aromatic rings. The summed E-state index contributed by atoms with van der Waals surface area (Å²) in [4.78, 5) is 17.2. The zero-order chi connectivity index (χ0) is 14.4. The summed E-state index contributed by atoms with van der Waals surface area (Å²) in [5.74, 6) is 0.0664. The first kappa shape index (κ1) is 12.3. The molecule has 4 rings (SSSR count). The Morgan fingerprint density at radius 1 is 1.10 bits per heavy atom. The molecular formula is C17H12N2OS. The van der Waals surface area contributed by atoms with Gasteiger partial charge in [-0.2, -0.15) is 0 Å². The molecule has 0 bridgehead atoms. The lowest BCUT2D eigenvalue weighted by molar-refractivity contribution is 0.105. The average molecular weight is 292 g/mol. The van der Waals surface area contributed by atoms with Gasteiger partial charge in [0.25, 0.3) is 0 Å². The molecular weight excluding hydrogens is 280 g/mol. The van der Waals surface area contributed by atoms with Crippen molar-refractivity contribution in [3.63, 3.8) is 0 Å². The Morgan fingerprint density at radius 3 is 2.71 bits per heavy atom. The van der Waals surface area contributed by atoms with E-state index in [0.29, 0.717) is 5.13 Å². The molecule has 0 saturated carbocycles. The minimum Gasteiger partial charge on any atom is -0.375 e. The summed E-state index contributed by atoms with van der Waals surface area (Å²) < 4.78 is 0.900. The largest absolute Gasteiger partial charge is 0.375 e. The molecule has 0 unspecified atom stereocenters. The number of allylic oxidation sites excluding steroid dienone is 2. The molecule has 2 aromatic carbocycles. The van der Waals surface area contributed by atoms with Crippen LogP contribution in [0.5, 0.6) is 0 Å². The first-order valence-electron chi connectivity index (χ1n) is 6.72. The third-order valence-electron chi connectivity index (χ3n) is 3.74. The number of carbonyl (C=O) groups excluding carboxylic acids is 1. The van der Waals surface area contributed by atoms with Crippen molar-refractivity contribution >= 4 is 38.0 Å². The highest BCUT2D eigenvalue weighted by Crippen LogP contribution is 2.36. The maximum absolute atomic E-state index is 12.9. The minimum absolute atomic E-state index is 0.0664. The molecule has 2 N–H and O–H groups in total. The number of ketones is 1. The molecule has 0 fully saturated rings. The lowest BCUT2D eigenvalue weighted by atomic mass is 9.87. The highest BCUT2D eigenvalue weighted by atomic mass is 32.1. The molecule has 1 heterocycles. The van der Waals surface area contributed by atoms with Gasteiger partial charge in [0.1, 0.15) is 0 Å². The number of hydrogen-bond donors (Lipinski definition) is 1. The third-order valence-corrected chi connectivity index (χ3v) is 4.66. The number of rotatable bonds is 1. The second kappa shape index (κ2) is 4.53. The Bertz CT molecular complexity index is 894. The summed E-state index contributed by atoms with van der Waals surface area (Å²) in [6, 6.07) is 13.7. The number of hydrogen-bond acceptors (Lipinski definition) is 4. The van der Waals surface area contributed by atoms with Crippen LogP contribution in [0.2, 0.25) is 0 Å². The van der Waals surface area contributed by atoms with Crippen molar-refractivity contribution in [3.05, 3.63) is 65.2 Å². The molecule has 21 heavy (non-hydrogen) atoms. The molecule has 0 amide bonds. The first-order valence-corrected chi connectivity index (χ1v) is 7.54. The number of nitrogen functional groups attached to an aromatic ring is 1. The van der Waals surface area contributed by atoms with E-state index >= 15 is 0 Å². The Hall–Kier alpha value is -2.46. The standard InChI is InChI=1S/C17H12N2OS/c18-17-19-13-9-7-11-6-8-12(10-4-2-1-3-5-10)15(20)14(11)16(13)21-17/h1-5,7-9H,6H2,(H2,18,19).